The highest BCUT2D eigenvalue weighted by Gasteiger charge is 2.02. The molecule has 12 heavy (non-hydrogen) atoms. The van der Waals surface area contributed by atoms with E-state index in [1.54, 1.807) is 0 Å². The van der Waals surface area contributed by atoms with Gasteiger partial charge in [-0.1, -0.05) is 0 Å². The first-order valence-electron chi connectivity index (χ1n) is 3.19. The Kier molecular flexibility index (Phi) is 3.06. The van der Waals surface area contributed by atoms with Crippen LogP contribution < -0.4 is 0 Å². The topological polar surface area (TPSA) is 23.8 Å². The first-order chi connectivity index (χ1) is 5.74. The Balaban J connectivity index is 2.81. The van der Waals surface area contributed by atoms with Gasteiger partial charge in [0, 0.05) is 11.0 Å². The van der Waals surface area contributed by atoms with Crippen molar-refractivity contribution < 1.29 is 8.78 Å². The average molecular weight is 185 g/mol. The van der Waals surface area contributed by atoms with Crippen molar-refractivity contribution in [3.63, 3.8) is 0 Å². The van der Waals surface area contributed by atoms with Crippen LogP contribution in [-0.2, 0) is 0 Å². The predicted octanol–water partition coefficient (Wildman–Crippen LogP) is 2.58. The maximum absolute atomic E-state index is 12.8. The molecule has 0 aliphatic heterocycles. The minimum Gasteiger partial charge on any atom is -0.207 e. The number of rotatable bonds is 2. The second-order valence-corrected chi connectivity index (χ2v) is 3.04. The molecule has 0 atom stereocenters. The van der Waals surface area contributed by atoms with Gasteiger partial charge in [-0.05, 0) is 12.1 Å². The molecule has 0 heterocycles. The van der Waals surface area contributed by atoms with Crippen LogP contribution in [0.4, 0.5) is 8.78 Å². The highest BCUT2D eigenvalue weighted by Crippen LogP contribution is 2.21. The van der Waals surface area contributed by atoms with E-state index in [4.69, 9.17) is 5.26 Å². The van der Waals surface area contributed by atoms with E-state index in [1.165, 1.54) is 12.1 Å². The number of hydrogen-bond donors (Lipinski definition) is 0. The van der Waals surface area contributed by atoms with Crippen LogP contribution in [0.25, 0.3) is 0 Å². The third-order valence-electron chi connectivity index (χ3n) is 1.19. The summed E-state index contributed by atoms with van der Waals surface area (Å²) < 4.78 is 25.2. The lowest BCUT2D eigenvalue weighted by atomic mass is 10.3. The highest BCUT2D eigenvalue weighted by atomic mass is 32.2. The summed E-state index contributed by atoms with van der Waals surface area (Å²) in [5.41, 5.74) is 0. The zero-order chi connectivity index (χ0) is 8.97. The average Bonchev–Trinajstić information content (AvgIpc) is 2.03. The van der Waals surface area contributed by atoms with Crippen LogP contribution in [0, 0.1) is 23.0 Å². The van der Waals surface area contributed by atoms with Crippen molar-refractivity contribution in [2.75, 3.05) is 5.75 Å². The lowest BCUT2D eigenvalue weighted by Crippen LogP contribution is -1.83. The lowest BCUT2D eigenvalue weighted by molar-refractivity contribution is 0.566. The van der Waals surface area contributed by atoms with Gasteiger partial charge in [-0.2, -0.15) is 5.26 Å². The minimum atomic E-state index is -0.616. The van der Waals surface area contributed by atoms with E-state index in [1.807, 2.05) is 6.07 Å². The zero-order valence-electron chi connectivity index (χ0n) is 6.05. The Bertz CT molecular complexity index is 319. The van der Waals surface area contributed by atoms with Gasteiger partial charge in [0.25, 0.3) is 0 Å². The van der Waals surface area contributed by atoms with Gasteiger partial charge in [0.15, 0.2) is 0 Å². The predicted molar refractivity (Wildman–Crippen MR) is 42.7 cm³/mol. The number of hydrogen-bond acceptors (Lipinski definition) is 2. The largest absolute Gasteiger partial charge is 0.207 e. The SMILES string of the molecule is N#CCSc1ccc(F)cc1F. The van der Waals surface area contributed by atoms with E-state index < -0.39 is 11.6 Å². The quantitative estimate of drug-likeness (QED) is 0.661. The molecule has 0 aromatic heterocycles. The number of halogens is 2. The van der Waals surface area contributed by atoms with E-state index in [0.29, 0.717) is 4.90 Å². The molecule has 0 amide bonds. The van der Waals surface area contributed by atoms with Crippen LogP contribution in [0.5, 0.6) is 0 Å². The van der Waals surface area contributed by atoms with Crippen LogP contribution in [0.3, 0.4) is 0 Å². The van der Waals surface area contributed by atoms with Crippen LogP contribution in [0.2, 0.25) is 0 Å². The van der Waals surface area contributed by atoms with Gasteiger partial charge < -0.3 is 0 Å². The van der Waals surface area contributed by atoms with Crippen molar-refractivity contribution in [2.24, 2.45) is 0 Å². The van der Waals surface area contributed by atoms with Gasteiger partial charge >= 0.3 is 0 Å². The number of thioether (sulfide) groups is 1. The number of nitriles is 1. The molecule has 0 saturated carbocycles. The molecule has 1 nitrogen and oxygen atoms in total. The normalized spacial score (nSPS) is 9.42. The molecule has 0 spiro atoms. The molecule has 62 valence electrons. The third kappa shape index (κ3) is 2.21. The van der Waals surface area contributed by atoms with Crippen LogP contribution in [0.1, 0.15) is 0 Å². The summed E-state index contributed by atoms with van der Waals surface area (Å²) in [7, 11) is 0. The van der Waals surface area contributed by atoms with Gasteiger partial charge in [0.2, 0.25) is 0 Å². The maximum atomic E-state index is 12.8. The van der Waals surface area contributed by atoms with Gasteiger partial charge in [-0.3, -0.25) is 0 Å². The summed E-state index contributed by atoms with van der Waals surface area (Å²) in [6.07, 6.45) is 0. The number of benzene rings is 1. The second-order valence-electron chi connectivity index (χ2n) is 2.02. The van der Waals surface area contributed by atoms with Crippen molar-refractivity contribution in [1.29, 1.82) is 5.26 Å². The third-order valence-corrected chi connectivity index (χ3v) is 2.10. The van der Waals surface area contributed by atoms with E-state index in [0.717, 1.165) is 17.8 Å². The molecule has 0 aliphatic rings. The summed E-state index contributed by atoms with van der Waals surface area (Å²) in [5.74, 6) is -1.05. The fourth-order valence-electron chi connectivity index (χ4n) is 0.702. The Morgan fingerprint density at radius 1 is 1.42 bits per heavy atom. The molecule has 1 aromatic carbocycles. The summed E-state index contributed by atoms with van der Waals surface area (Å²) in [6.45, 7) is 0. The van der Waals surface area contributed by atoms with Gasteiger partial charge in [0.1, 0.15) is 11.6 Å². The van der Waals surface area contributed by atoms with Crippen LogP contribution in [-0.4, -0.2) is 5.75 Å². The van der Waals surface area contributed by atoms with Crippen molar-refractivity contribution in [3.05, 3.63) is 29.8 Å². The van der Waals surface area contributed by atoms with E-state index in [2.05, 4.69) is 0 Å². The van der Waals surface area contributed by atoms with Crippen LogP contribution in [0.15, 0.2) is 23.1 Å². The Morgan fingerprint density at radius 3 is 2.75 bits per heavy atom. The monoisotopic (exact) mass is 185 g/mol. The van der Waals surface area contributed by atoms with E-state index in [-0.39, 0.29) is 5.75 Å². The number of nitrogens with zero attached hydrogens (tertiary/aromatic N) is 1. The summed E-state index contributed by atoms with van der Waals surface area (Å²) in [4.78, 5) is 0.304. The summed E-state index contributed by atoms with van der Waals surface area (Å²) in [6, 6.07) is 5.16. The Morgan fingerprint density at radius 2 is 2.17 bits per heavy atom. The Labute approximate surface area is 73.0 Å². The van der Waals surface area contributed by atoms with Crippen molar-refractivity contribution in [3.8, 4) is 6.07 Å². The molecule has 0 saturated heterocycles. The molecule has 0 radical (unpaired) electrons. The first kappa shape index (κ1) is 9.01. The van der Waals surface area contributed by atoms with E-state index in [9.17, 15) is 8.78 Å². The Hall–Kier alpha value is -1.08. The smallest absolute Gasteiger partial charge is 0.139 e. The standard InChI is InChI=1S/C8H5F2NS/c9-6-1-2-8(7(10)5-6)12-4-3-11/h1-2,5H,4H2. The highest BCUT2D eigenvalue weighted by molar-refractivity contribution is 7.99. The summed E-state index contributed by atoms with van der Waals surface area (Å²) >= 11 is 1.05. The first-order valence-corrected chi connectivity index (χ1v) is 4.17. The molecule has 0 fully saturated rings. The van der Waals surface area contributed by atoms with Crippen molar-refractivity contribution in [2.45, 2.75) is 4.90 Å². The minimum absolute atomic E-state index is 0.169. The van der Waals surface area contributed by atoms with Crippen molar-refractivity contribution >= 4 is 11.8 Å². The van der Waals surface area contributed by atoms with Crippen molar-refractivity contribution in [1.82, 2.24) is 0 Å². The molecule has 0 N–H and O–H groups in total. The molecule has 0 bridgehead atoms. The molecular weight excluding hydrogens is 180 g/mol. The van der Waals surface area contributed by atoms with Gasteiger partial charge in [0.05, 0.1) is 11.8 Å². The molecular formula is C8H5F2NS. The van der Waals surface area contributed by atoms with Crippen LogP contribution >= 0.6 is 11.8 Å². The van der Waals surface area contributed by atoms with Gasteiger partial charge in [-0.15, -0.1) is 11.8 Å². The van der Waals surface area contributed by atoms with Gasteiger partial charge in [-0.25, -0.2) is 8.78 Å². The zero-order valence-corrected chi connectivity index (χ0v) is 6.87. The lowest BCUT2D eigenvalue weighted by Gasteiger charge is -1.98. The molecule has 0 aliphatic carbocycles. The molecule has 1 rings (SSSR count). The maximum Gasteiger partial charge on any atom is 0.139 e. The second kappa shape index (κ2) is 4.07. The molecule has 1 aromatic rings. The molecule has 0 unspecified atom stereocenters. The fourth-order valence-corrected chi connectivity index (χ4v) is 1.28. The molecule has 4 heteroatoms. The van der Waals surface area contributed by atoms with E-state index >= 15 is 0 Å². The fraction of sp³-hybridized carbons (Fsp3) is 0.125. The summed E-state index contributed by atoms with van der Waals surface area (Å²) in [5, 5.41) is 8.21.